The van der Waals surface area contributed by atoms with E-state index in [2.05, 4.69) is 15.2 Å². The fraction of sp³-hybridized carbons (Fsp3) is 0.545. The van der Waals surface area contributed by atoms with Crippen LogP contribution in [0.15, 0.2) is 11.6 Å². The number of nitrogens with zero attached hydrogens (tertiary/aromatic N) is 2. The van der Waals surface area contributed by atoms with Crippen LogP contribution in [0.1, 0.15) is 10.9 Å². The van der Waals surface area contributed by atoms with Gasteiger partial charge in [0.2, 0.25) is 11.6 Å². The maximum absolute atomic E-state index is 11.7. The molecule has 0 radical (unpaired) electrons. The second kappa shape index (κ2) is 4.29. The largest absolute Gasteiger partial charge is 0.314 e. The van der Waals surface area contributed by atoms with Gasteiger partial charge in [0.1, 0.15) is 10.9 Å². The van der Waals surface area contributed by atoms with Gasteiger partial charge in [0, 0.05) is 37.8 Å². The summed E-state index contributed by atoms with van der Waals surface area (Å²) in [5.41, 5.74) is 0. The lowest BCUT2D eigenvalue weighted by molar-refractivity contribution is -0.151. The van der Waals surface area contributed by atoms with Gasteiger partial charge in [-0.25, -0.2) is 4.98 Å². The van der Waals surface area contributed by atoms with Gasteiger partial charge >= 0.3 is 0 Å². The second-order valence-electron chi connectivity index (χ2n) is 4.31. The summed E-state index contributed by atoms with van der Waals surface area (Å²) in [5.74, 6) is -0.837. The molecule has 0 aromatic carbocycles. The Bertz CT molecular complexity index is 440. The van der Waals surface area contributed by atoms with Crippen molar-refractivity contribution < 1.29 is 9.59 Å². The summed E-state index contributed by atoms with van der Waals surface area (Å²) in [6.45, 7) is 3.41. The molecule has 1 saturated carbocycles. The smallest absolute Gasteiger partial charge is 0.217 e. The number of carbonyl (C=O) groups excluding carboxylic acids is 2. The van der Waals surface area contributed by atoms with Gasteiger partial charge in [-0.2, -0.15) is 0 Å². The molecule has 0 spiro atoms. The van der Waals surface area contributed by atoms with Gasteiger partial charge in [-0.05, 0) is 0 Å². The lowest BCUT2D eigenvalue weighted by Crippen LogP contribution is -2.63. The molecule has 0 amide bonds. The summed E-state index contributed by atoms with van der Waals surface area (Å²) in [6, 6.07) is -0.268. The first-order valence-corrected chi connectivity index (χ1v) is 6.59. The second-order valence-corrected chi connectivity index (χ2v) is 5.23. The Morgan fingerprint density at radius 1 is 1.29 bits per heavy atom. The summed E-state index contributed by atoms with van der Waals surface area (Å²) in [4.78, 5) is 29.7. The van der Waals surface area contributed by atoms with Crippen molar-refractivity contribution in [2.24, 2.45) is 0 Å². The number of ketones is 2. The van der Waals surface area contributed by atoms with Gasteiger partial charge in [-0.3, -0.25) is 14.5 Å². The maximum atomic E-state index is 11.7. The highest BCUT2D eigenvalue weighted by Gasteiger charge is 2.53. The van der Waals surface area contributed by atoms with Crippen LogP contribution in [0, 0.1) is 0 Å². The standard InChI is InChI=1S/C11H13N3O2S/c15-9-7(11-13-3-6-17-11)8(10(9)16)14-4-1-12-2-5-14/h3,6-8,12H,1-2,4-5H2. The number of thiazole rings is 1. The topological polar surface area (TPSA) is 62.3 Å². The van der Waals surface area contributed by atoms with Crippen LogP contribution in [0.5, 0.6) is 0 Å². The number of piperazine rings is 1. The van der Waals surface area contributed by atoms with E-state index in [-0.39, 0.29) is 23.5 Å². The summed E-state index contributed by atoms with van der Waals surface area (Å²) in [5, 5.41) is 5.87. The van der Waals surface area contributed by atoms with E-state index < -0.39 is 0 Å². The number of rotatable bonds is 2. The molecule has 1 saturated heterocycles. The molecule has 6 heteroatoms. The number of Topliss-reactive ketones (excluding diaryl/α,β-unsaturated/α-hetero) is 2. The molecule has 1 aliphatic carbocycles. The van der Waals surface area contributed by atoms with Crippen LogP contribution in [-0.2, 0) is 9.59 Å². The lowest BCUT2D eigenvalue weighted by atomic mass is 9.75. The average Bonchev–Trinajstić information content (AvgIpc) is 2.88. The van der Waals surface area contributed by atoms with Gasteiger partial charge in [-0.1, -0.05) is 0 Å². The number of hydrogen-bond donors (Lipinski definition) is 1. The molecule has 17 heavy (non-hydrogen) atoms. The van der Waals surface area contributed by atoms with Crippen LogP contribution < -0.4 is 5.32 Å². The van der Waals surface area contributed by atoms with Crippen LogP contribution in [0.2, 0.25) is 0 Å². The molecule has 1 aliphatic heterocycles. The summed E-state index contributed by atoms with van der Waals surface area (Å²) in [7, 11) is 0. The van der Waals surface area contributed by atoms with E-state index in [9.17, 15) is 9.59 Å². The van der Waals surface area contributed by atoms with Crippen molar-refractivity contribution in [3.05, 3.63) is 16.6 Å². The monoisotopic (exact) mass is 251 g/mol. The Kier molecular flexibility index (Phi) is 2.78. The van der Waals surface area contributed by atoms with Crippen LogP contribution in [0.4, 0.5) is 0 Å². The highest BCUT2D eigenvalue weighted by atomic mass is 32.1. The highest BCUT2D eigenvalue weighted by Crippen LogP contribution is 2.35. The SMILES string of the molecule is O=C1C(=O)C(N2CCNCC2)C1c1nccs1. The molecule has 3 rings (SSSR count). The molecular weight excluding hydrogens is 238 g/mol. The molecule has 5 nitrogen and oxygen atoms in total. The zero-order valence-electron chi connectivity index (χ0n) is 9.26. The molecule has 90 valence electrons. The Balaban J connectivity index is 1.82. The number of hydrogen-bond acceptors (Lipinski definition) is 6. The first-order chi connectivity index (χ1) is 8.29. The predicted octanol–water partition coefficient (Wildman–Crippen LogP) is -0.348. The molecule has 2 fully saturated rings. The average molecular weight is 251 g/mol. The van der Waals surface area contributed by atoms with Crippen molar-refractivity contribution in [1.29, 1.82) is 0 Å². The normalized spacial score (nSPS) is 30.4. The third kappa shape index (κ3) is 1.72. The summed E-state index contributed by atoms with van der Waals surface area (Å²) < 4.78 is 0. The molecule has 1 aromatic rings. The van der Waals surface area contributed by atoms with E-state index in [0.29, 0.717) is 0 Å². The molecule has 1 aromatic heterocycles. The quantitative estimate of drug-likeness (QED) is 0.728. The Labute approximate surface area is 103 Å². The van der Waals surface area contributed by atoms with Crippen LogP contribution in [0.3, 0.4) is 0 Å². The van der Waals surface area contributed by atoms with Crippen LogP contribution >= 0.6 is 11.3 Å². The summed E-state index contributed by atoms with van der Waals surface area (Å²) in [6.07, 6.45) is 1.69. The predicted molar refractivity (Wildman–Crippen MR) is 63.1 cm³/mol. The van der Waals surface area contributed by atoms with E-state index in [1.807, 2.05) is 5.38 Å². The number of nitrogens with one attached hydrogen (secondary N) is 1. The molecule has 2 unspecified atom stereocenters. The fourth-order valence-electron chi connectivity index (χ4n) is 2.47. The lowest BCUT2D eigenvalue weighted by Gasteiger charge is -2.42. The Hall–Kier alpha value is -1.11. The molecule has 1 N–H and O–H groups in total. The minimum atomic E-state index is -0.319. The third-order valence-corrected chi connectivity index (χ3v) is 4.23. The van der Waals surface area contributed by atoms with E-state index >= 15 is 0 Å². The third-order valence-electron chi connectivity index (χ3n) is 3.37. The zero-order chi connectivity index (χ0) is 11.8. The van der Waals surface area contributed by atoms with Crippen molar-refractivity contribution in [2.75, 3.05) is 26.2 Å². The van der Waals surface area contributed by atoms with Gasteiger partial charge in [0.25, 0.3) is 0 Å². The van der Waals surface area contributed by atoms with Gasteiger partial charge in [-0.15, -0.1) is 11.3 Å². The van der Waals surface area contributed by atoms with Crippen molar-refractivity contribution >= 4 is 22.9 Å². The summed E-state index contributed by atoms with van der Waals surface area (Å²) >= 11 is 1.45. The van der Waals surface area contributed by atoms with E-state index in [1.165, 1.54) is 11.3 Å². The molecule has 0 bridgehead atoms. The molecule has 2 heterocycles. The molecule has 2 aliphatic rings. The molecular formula is C11H13N3O2S. The first-order valence-electron chi connectivity index (χ1n) is 5.71. The van der Waals surface area contributed by atoms with E-state index in [1.54, 1.807) is 6.20 Å². The van der Waals surface area contributed by atoms with Crippen molar-refractivity contribution in [3.63, 3.8) is 0 Å². The Morgan fingerprint density at radius 2 is 2.06 bits per heavy atom. The zero-order valence-corrected chi connectivity index (χ0v) is 10.1. The minimum absolute atomic E-state index is 0.243. The van der Waals surface area contributed by atoms with Crippen LogP contribution in [-0.4, -0.2) is 53.7 Å². The highest BCUT2D eigenvalue weighted by molar-refractivity contribution is 7.10. The Morgan fingerprint density at radius 3 is 2.71 bits per heavy atom. The van der Waals surface area contributed by atoms with Gasteiger partial charge < -0.3 is 5.32 Å². The fourth-order valence-corrected chi connectivity index (χ4v) is 3.24. The van der Waals surface area contributed by atoms with E-state index in [0.717, 1.165) is 31.2 Å². The molecule has 2 atom stereocenters. The van der Waals surface area contributed by atoms with Gasteiger partial charge in [0.05, 0.1) is 6.04 Å². The van der Waals surface area contributed by atoms with Gasteiger partial charge in [0.15, 0.2) is 0 Å². The maximum Gasteiger partial charge on any atom is 0.217 e. The number of aromatic nitrogens is 1. The van der Waals surface area contributed by atoms with Crippen molar-refractivity contribution in [2.45, 2.75) is 12.0 Å². The van der Waals surface area contributed by atoms with E-state index in [4.69, 9.17) is 0 Å². The minimum Gasteiger partial charge on any atom is -0.314 e. The first kappa shape index (κ1) is 11.0. The van der Waals surface area contributed by atoms with Crippen LogP contribution in [0.25, 0.3) is 0 Å². The number of carbonyl (C=O) groups is 2. The van der Waals surface area contributed by atoms with Crippen molar-refractivity contribution in [3.8, 4) is 0 Å². The van der Waals surface area contributed by atoms with Crippen molar-refractivity contribution in [1.82, 2.24) is 15.2 Å².